The SMILES string of the molecule is COC(=O)c1ccc(C2CC(=O)Nc3n[nH]c(C4CCC4)c32)cc1. The van der Waals surface area contributed by atoms with Crippen molar-refractivity contribution in [1.82, 2.24) is 10.2 Å². The van der Waals surface area contributed by atoms with Crippen LogP contribution in [-0.4, -0.2) is 29.2 Å². The quantitative estimate of drug-likeness (QED) is 0.850. The third-order valence-electron chi connectivity index (χ3n) is 5.08. The van der Waals surface area contributed by atoms with Gasteiger partial charge >= 0.3 is 5.97 Å². The fourth-order valence-electron chi connectivity index (χ4n) is 3.54. The number of H-pyrrole nitrogens is 1. The number of carbonyl (C=O) groups excluding carboxylic acids is 2. The fourth-order valence-corrected chi connectivity index (χ4v) is 3.54. The molecule has 2 aliphatic rings. The first-order chi connectivity index (χ1) is 11.7. The van der Waals surface area contributed by atoms with Crippen LogP contribution < -0.4 is 5.32 Å². The van der Waals surface area contributed by atoms with Gasteiger partial charge in [0.2, 0.25) is 5.91 Å². The van der Waals surface area contributed by atoms with Crippen LogP contribution in [0.3, 0.4) is 0 Å². The molecule has 24 heavy (non-hydrogen) atoms. The van der Waals surface area contributed by atoms with Gasteiger partial charge in [0.1, 0.15) is 0 Å². The van der Waals surface area contributed by atoms with Crippen molar-refractivity contribution in [3.05, 3.63) is 46.6 Å². The van der Waals surface area contributed by atoms with Gasteiger partial charge in [-0.2, -0.15) is 5.10 Å². The number of rotatable bonds is 3. The molecule has 1 atom stereocenters. The Bertz CT molecular complexity index is 790. The highest BCUT2D eigenvalue weighted by atomic mass is 16.5. The molecule has 0 spiro atoms. The van der Waals surface area contributed by atoms with Crippen molar-refractivity contribution in [2.24, 2.45) is 0 Å². The zero-order valence-corrected chi connectivity index (χ0v) is 13.5. The van der Waals surface area contributed by atoms with Crippen LogP contribution in [0.1, 0.15) is 64.7 Å². The Morgan fingerprint density at radius 1 is 1.25 bits per heavy atom. The van der Waals surface area contributed by atoms with E-state index in [1.807, 2.05) is 12.1 Å². The van der Waals surface area contributed by atoms with Gasteiger partial charge in [-0.05, 0) is 30.5 Å². The van der Waals surface area contributed by atoms with Crippen LogP contribution in [0.25, 0.3) is 0 Å². The van der Waals surface area contributed by atoms with Gasteiger partial charge < -0.3 is 10.1 Å². The maximum Gasteiger partial charge on any atom is 0.337 e. The number of amides is 1. The summed E-state index contributed by atoms with van der Waals surface area (Å²) in [6.07, 6.45) is 3.96. The van der Waals surface area contributed by atoms with Crippen molar-refractivity contribution in [3.63, 3.8) is 0 Å². The first-order valence-corrected chi connectivity index (χ1v) is 8.23. The number of nitrogens with zero attached hydrogens (tertiary/aromatic N) is 1. The van der Waals surface area contributed by atoms with Gasteiger partial charge in [0.25, 0.3) is 0 Å². The molecule has 1 unspecified atom stereocenters. The Morgan fingerprint density at radius 2 is 2.00 bits per heavy atom. The van der Waals surface area contributed by atoms with E-state index in [-0.39, 0.29) is 17.8 Å². The van der Waals surface area contributed by atoms with E-state index in [2.05, 4.69) is 15.5 Å². The Hall–Kier alpha value is -2.63. The average molecular weight is 325 g/mol. The van der Waals surface area contributed by atoms with Crippen LogP contribution in [-0.2, 0) is 9.53 Å². The molecule has 1 aromatic carbocycles. The lowest BCUT2D eigenvalue weighted by molar-refractivity contribution is -0.116. The number of fused-ring (bicyclic) bond motifs is 1. The molecule has 6 heteroatoms. The number of esters is 1. The second-order valence-corrected chi connectivity index (χ2v) is 6.45. The first kappa shape index (κ1) is 14.9. The topological polar surface area (TPSA) is 84.1 Å². The number of aromatic nitrogens is 2. The number of ether oxygens (including phenoxy) is 1. The standard InChI is InChI=1S/C18H19N3O3/c1-24-18(23)12-7-5-10(6-8-12)13-9-14(22)19-17-15(13)16(20-21-17)11-3-2-4-11/h5-8,11,13H,2-4,9H2,1H3,(H2,19,20,21,22). The van der Waals surface area contributed by atoms with Crippen LogP contribution in [0.15, 0.2) is 24.3 Å². The highest BCUT2D eigenvalue weighted by Gasteiger charge is 2.35. The molecule has 1 aliphatic heterocycles. The molecule has 0 radical (unpaired) electrons. The minimum Gasteiger partial charge on any atom is -0.465 e. The summed E-state index contributed by atoms with van der Waals surface area (Å²) in [5, 5.41) is 10.3. The molecule has 1 aromatic heterocycles. The third-order valence-corrected chi connectivity index (χ3v) is 5.08. The van der Waals surface area contributed by atoms with Gasteiger partial charge in [-0.3, -0.25) is 9.89 Å². The van der Waals surface area contributed by atoms with E-state index in [0.717, 1.165) is 29.7 Å². The average Bonchev–Trinajstić information content (AvgIpc) is 2.95. The molecule has 1 aliphatic carbocycles. The maximum absolute atomic E-state index is 12.1. The van der Waals surface area contributed by atoms with Gasteiger partial charge in [-0.25, -0.2) is 4.79 Å². The van der Waals surface area contributed by atoms with Crippen LogP contribution >= 0.6 is 0 Å². The first-order valence-electron chi connectivity index (χ1n) is 8.23. The third kappa shape index (κ3) is 2.38. The largest absolute Gasteiger partial charge is 0.465 e. The molecule has 0 bridgehead atoms. The summed E-state index contributed by atoms with van der Waals surface area (Å²) in [5.74, 6) is 0.733. The van der Waals surface area contributed by atoms with Gasteiger partial charge in [0.15, 0.2) is 5.82 Å². The molecule has 2 N–H and O–H groups in total. The zero-order valence-electron chi connectivity index (χ0n) is 13.5. The van der Waals surface area contributed by atoms with Gasteiger partial charge in [0, 0.05) is 29.5 Å². The van der Waals surface area contributed by atoms with Crippen LogP contribution in [0.5, 0.6) is 0 Å². The van der Waals surface area contributed by atoms with E-state index >= 15 is 0 Å². The summed E-state index contributed by atoms with van der Waals surface area (Å²) in [6.45, 7) is 0. The van der Waals surface area contributed by atoms with E-state index in [1.165, 1.54) is 13.5 Å². The smallest absolute Gasteiger partial charge is 0.337 e. The van der Waals surface area contributed by atoms with Gasteiger partial charge in [0.05, 0.1) is 12.7 Å². The van der Waals surface area contributed by atoms with Crippen molar-refractivity contribution in [3.8, 4) is 0 Å². The molecule has 1 saturated carbocycles. The molecule has 6 nitrogen and oxygen atoms in total. The van der Waals surface area contributed by atoms with E-state index in [9.17, 15) is 9.59 Å². The van der Waals surface area contributed by atoms with Crippen molar-refractivity contribution >= 4 is 17.7 Å². The summed E-state index contributed by atoms with van der Waals surface area (Å²) < 4.78 is 4.74. The number of aromatic amines is 1. The summed E-state index contributed by atoms with van der Waals surface area (Å²) in [7, 11) is 1.37. The number of benzene rings is 1. The van der Waals surface area contributed by atoms with Crippen molar-refractivity contribution in [1.29, 1.82) is 0 Å². The maximum atomic E-state index is 12.1. The molecule has 0 saturated heterocycles. The molecule has 2 aromatic rings. The summed E-state index contributed by atoms with van der Waals surface area (Å²) in [4.78, 5) is 23.7. The lowest BCUT2D eigenvalue weighted by Crippen LogP contribution is -2.24. The number of methoxy groups -OCH3 is 1. The Balaban J connectivity index is 1.72. The zero-order chi connectivity index (χ0) is 16.7. The summed E-state index contributed by atoms with van der Waals surface area (Å²) >= 11 is 0. The minimum absolute atomic E-state index is 0.0313. The molecule has 1 amide bonds. The summed E-state index contributed by atoms with van der Waals surface area (Å²) in [6, 6.07) is 7.29. The second-order valence-electron chi connectivity index (χ2n) is 6.45. The number of anilines is 1. The van der Waals surface area contributed by atoms with E-state index in [4.69, 9.17) is 4.74 Å². The summed E-state index contributed by atoms with van der Waals surface area (Å²) in [5.41, 5.74) is 3.78. The molecule has 4 rings (SSSR count). The Labute approximate surface area is 139 Å². The molecular formula is C18H19N3O3. The van der Waals surface area contributed by atoms with E-state index in [0.29, 0.717) is 23.7 Å². The predicted molar refractivity (Wildman–Crippen MR) is 88.1 cm³/mol. The Kier molecular flexibility index (Phi) is 3.59. The number of hydrogen-bond acceptors (Lipinski definition) is 4. The monoisotopic (exact) mass is 325 g/mol. The second kappa shape index (κ2) is 5.78. The number of carbonyl (C=O) groups is 2. The molecule has 124 valence electrons. The van der Waals surface area contributed by atoms with Gasteiger partial charge in [-0.15, -0.1) is 0 Å². The minimum atomic E-state index is -0.359. The molecule has 1 fully saturated rings. The molecule has 2 heterocycles. The van der Waals surface area contributed by atoms with Crippen LogP contribution in [0.2, 0.25) is 0 Å². The fraction of sp³-hybridized carbons (Fsp3) is 0.389. The number of hydrogen-bond donors (Lipinski definition) is 2. The highest BCUT2D eigenvalue weighted by Crippen LogP contribution is 2.45. The van der Waals surface area contributed by atoms with E-state index < -0.39 is 0 Å². The van der Waals surface area contributed by atoms with Crippen molar-refractivity contribution in [2.75, 3.05) is 12.4 Å². The number of nitrogens with one attached hydrogen (secondary N) is 2. The predicted octanol–water partition coefficient (Wildman–Crippen LogP) is 2.94. The lowest BCUT2D eigenvalue weighted by Gasteiger charge is -2.29. The van der Waals surface area contributed by atoms with E-state index in [1.54, 1.807) is 12.1 Å². The Morgan fingerprint density at radius 3 is 2.62 bits per heavy atom. The highest BCUT2D eigenvalue weighted by molar-refractivity contribution is 5.94. The molecular weight excluding hydrogens is 306 g/mol. The van der Waals surface area contributed by atoms with Crippen LogP contribution in [0.4, 0.5) is 5.82 Å². The lowest BCUT2D eigenvalue weighted by atomic mass is 9.77. The normalized spacial score (nSPS) is 20.0. The van der Waals surface area contributed by atoms with Crippen molar-refractivity contribution < 1.29 is 14.3 Å². The van der Waals surface area contributed by atoms with Crippen molar-refractivity contribution in [2.45, 2.75) is 37.5 Å². The van der Waals surface area contributed by atoms with Gasteiger partial charge in [-0.1, -0.05) is 18.6 Å². The van der Waals surface area contributed by atoms with Crippen LogP contribution in [0, 0.1) is 0 Å².